The van der Waals surface area contributed by atoms with Crippen molar-refractivity contribution < 1.29 is 19.8 Å². The maximum Gasteiger partial charge on any atom is 0.301 e. The molecule has 3 aromatic carbocycles. The van der Waals surface area contributed by atoms with Crippen molar-refractivity contribution in [1.29, 1.82) is 0 Å². The molecule has 0 radical (unpaired) electrons. The van der Waals surface area contributed by atoms with Gasteiger partial charge in [-0.05, 0) is 66.9 Å². The van der Waals surface area contributed by atoms with Crippen molar-refractivity contribution in [3.8, 4) is 5.75 Å². The van der Waals surface area contributed by atoms with Gasteiger partial charge in [-0.15, -0.1) is 0 Å². The average molecular weight is 491 g/mol. The van der Waals surface area contributed by atoms with Gasteiger partial charge in [0.2, 0.25) is 0 Å². The zero-order valence-electron chi connectivity index (χ0n) is 18.2. The van der Waals surface area contributed by atoms with Crippen LogP contribution < -0.4 is 4.90 Å². The summed E-state index contributed by atoms with van der Waals surface area (Å²) in [7, 11) is 0. The second-order valence-electron chi connectivity index (χ2n) is 8.17. The minimum Gasteiger partial charge on any atom is -0.508 e. The van der Waals surface area contributed by atoms with Crippen molar-refractivity contribution in [2.75, 3.05) is 4.90 Å². The number of aromatic nitrogens is 1. The molecule has 1 saturated heterocycles. The molecule has 8 heteroatoms. The molecule has 2 heterocycles. The van der Waals surface area contributed by atoms with Crippen LogP contribution in [0.25, 0.3) is 16.0 Å². The Bertz CT molecular complexity index is 1510. The fourth-order valence-corrected chi connectivity index (χ4v) is 5.30. The van der Waals surface area contributed by atoms with E-state index in [-0.39, 0.29) is 17.1 Å². The van der Waals surface area contributed by atoms with Crippen LogP contribution in [0, 0.1) is 13.8 Å². The molecule has 1 amide bonds. The lowest BCUT2D eigenvalue weighted by Gasteiger charge is -2.23. The Morgan fingerprint density at radius 2 is 1.74 bits per heavy atom. The number of phenols is 1. The maximum atomic E-state index is 13.3. The molecule has 6 nitrogen and oxygen atoms in total. The Labute approximate surface area is 204 Å². The zero-order valence-corrected chi connectivity index (χ0v) is 19.8. The smallest absolute Gasteiger partial charge is 0.301 e. The molecule has 0 saturated carbocycles. The van der Waals surface area contributed by atoms with E-state index in [1.54, 1.807) is 42.5 Å². The number of aliphatic hydroxyl groups excluding tert-OH is 1. The number of hydrogen-bond acceptors (Lipinski definition) is 6. The van der Waals surface area contributed by atoms with Gasteiger partial charge in [-0.25, -0.2) is 4.98 Å². The van der Waals surface area contributed by atoms with Gasteiger partial charge in [0.15, 0.2) is 5.13 Å². The summed E-state index contributed by atoms with van der Waals surface area (Å²) >= 11 is 7.35. The van der Waals surface area contributed by atoms with Crippen LogP contribution in [0.15, 0.2) is 66.2 Å². The highest BCUT2D eigenvalue weighted by Crippen LogP contribution is 2.44. The topological polar surface area (TPSA) is 90.7 Å². The highest BCUT2D eigenvalue weighted by Gasteiger charge is 2.48. The van der Waals surface area contributed by atoms with Crippen LogP contribution in [0.2, 0.25) is 5.02 Å². The number of benzene rings is 3. The van der Waals surface area contributed by atoms with Gasteiger partial charge in [0.05, 0.1) is 21.8 Å². The van der Waals surface area contributed by atoms with E-state index in [0.29, 0.717) is 26.8 Å². The molecule has 1 fully saturated rings. The van der Waals surface area contributed by atoms with Gasteiger partial charge in [-0.1, -0.05) is 47.2 Å². The first-order chi connectivity index (χ1) is 16.2. The minimum atomic E-state index is -0.918. The number of phenolic OH excluding ortho intramolecular Hbond substituents is 1. The fourth-order valence-electron chi connectivity index (χ4n) is 4.04. The minimum absolute atomic E-state index is 0.0313. The van der Waals surface area contributed by atoms with Crippen molar-refractivity contribution in [3.05, 3.63) is 93.5 Å². The normalized spacial score (nSPS) is 17.6. The van der Waals surface area contributed by atoms with E-state index in [0.717, 1.165) is 15.8 Å². The van der Waals surface area contributed by atoms with Gasteiger partial charge in [0.1, 0.15) is 11.5 Å². The number of halogens is 1. The number of ketones is 1. The summed E-state index contributed by atoms with van der Waals surface area (Å²) in [4.78, 5) is 32.4. The van der Waals surface area contributed by atoms with E-state index >= 15 is 0 Å². The lowest BCUT2D eigenvalue weighted by atomic mass is 9.94. The fraction of sp³-hybridized carbons (Fsp3) is 0.115. The Kier molecular flexibility index (Phi) is 5.38. The van der Waals surface area contributed by atoms with E-state index in [9.17, 15) is 19.8 Å². The zero-order chi connectivity index (χ0) is 24.1. The van der Waals surface area contributed by atoms with Crippen LogP contribution >= 0.6 is 22.9 Å². The summed E-state index contributed by atoms with van der Waals surface area (Å²) in [5, 5.41) is 21.9. The molecular weight excluding hydrogens is 472 g/mol. The number of anilines is 1. The predicted molar refractivity (Wildman–Crippen MR) is 133 cm³/mol. The molecule has 1 aliphatic heterocycles. The molecule has 0 bridgehead atoms. The molecule has 1 unspecified atom stereocenters. The summed E-state index contributed by atoms with van der Waals surface area (Å²) in [6, 6.07) is 15.8. The number of thiazole rings is 1. The second-order valence-corrected chi connectivity index (χ2v) is 9.61. The van der Waals surface area contributed by atoms with E-state index < -0.39 is 17.7 Å². The summed E-state index contributed by atoms with van der Waals surface area (Å²) in [5.74, 6) is -1.80. The van der Waals surface area contributed by atoms with Crippen molar-refractivity contribution in [3.63, 3.8) is 0 Å². The quantitative estimate of drug-likeness (QED) is 0.212. The molecule has 2 N–H and O–H groups in total. The Balaban J connectivity index is 1.73. The Hall–Kier alpha value is -3.68. The van der Waals surface area contributed by atoms with Crippen molar-refractivity contribution >= 4 is 55.7 Å². The number of aromatic hydroxyl groups is 1. The van der Waals surface area contributed by atoms with E-state index in [2.05, 4.69) is 4.98 Å². The van der Waals surface area contributed by atoms with Crippen LogP contribution in [0.3, 0.4) is 0 Å². The highest BCUT2D eigenvalue weighted by molar-refractivity contribution is 7.22. The van der Waals surface area contributed by atoms with Gasteiger partial charge in [0.25, 0.3) is 5.78 Å². The lowest BCUT2D eigenvalue weighted by molar-refractivity contribution is -0.132. The number of hydrogen-bond donors (Lipinski definition) is 2. The molecule has 170 valence electrons. The van der Waals surface area contributed by atoms with Gasteiger partial charge in [-0.2, -0.15) is 0 Å². The molecule has 1 aromatic heterocycles. The van der Waals surface area contributed by atoms with Gasteiger partial charge < -0.3 is 10.2 Å². The number of carbonyl (C=O) groups excluding carboxylic acids is 2. The van der Waals surface area contributed by atoms with Crippen LogP contribution in [0.4, 0.5) is 5.13 Å². The van der Waals surface area contributed by atoms with E-state index in [1.165, 1.54) is 28.4 Å². The third kappa shape index (κ3) is 3.63. The number of nitrogens with zero attached hydrogens (tertiary/aromatic N) is 2. The summed E-state index contributed by atoms with van der Waals surface area (Å²) < 4.78 is 0.767. The monoisotopic (exact) mass is 490 g/mol. The molecule has 1 atom stereocenters. The molecule has 5 rings (SSSR count). The third-order valence-electron chi connectivity index (χ3n) is 5.98. The largest absolute Gasteiger partial charge is 0.508 e. The maximum absolute atomic E-state index is 13.3. The van der Waals surface area contributed by atoms with Crippen LogP contribution in [0.1, 0.15) is 28.3 Å². The summed E-state index contributed by atoms with van der Waals surface area (Å²) in [6.07, 6.45) is 0. The van der Waals surface area contributed by atoms with Crippen LogP contribution in [-0.4, -0.2) is 26.9 Å². The van der Waals surface area contributed by atoms with Gasteiger partial charge in [0, 0.05) is 10.6 Å². The average Bonchev–Trinajstić information content (AvgIpc) is 3.33. The molecular formula is C26H19ClN2O4S. The first-order valence-corrected chi connectivity index (χ1v) is 11.7. The Morgan fingerprint density at radius 3 is 2.44 bits per heavy atom. The second kappa shape index (κ2) is 8.27. The molecule has 1 aliphatic rings. The number of rotatable bonds is 3. The number of Topliss-reactive ketones (excluding diaryl/α,β-unsaturated/α-hetero) is 1. The van der Waals surface area contributed by atoms with Gasteiger partial charge >= 0.3 is 5.91 Å². The molecule has 4 aromatic rings. The summed E-state index contributed by atoms with van der Waals surface area (Å²) in [6.45, 7) is 3.86. The number of aliphatic hydroxyl groups is 1. The number of fused-ring (bicyclic) bond motifs is 1. The van der Waals surface area contributed by atoms with E-state index in [4.69, 9.17) is 11.6 Å². The standard InChI is InChI=1S/C26H19ClN2O4S/c1-13-3-4-16(11-14(13)2)23(31)21-22(15-5-8-18(30)9-6-15)29(25(33)24(21)32)26-28-19-10-7-17(27)12-20(19)34-26/h3-12,22,30-31H,1-2H3/b23-21+. The third-order valence-corrected chi connectivity index (χ3v) is 7.23. The highest BCUT2D eigenvalue weighted by atomic mass is 35.5. The first-order valence-electron chi connectivity index (χ1n) is 10.5. The van der Waals surface area contributed by atoms with Crippen LogP contribution in [0.5, 0.6) is 5.75 Å². The molecule has 0 spiro atoms. The van der Waals surface area contributed by atoms with Crippen molar-refractivity contribution in [2.24, 2.45) is 0 Å². The first kappa shape index (κ1) is 22.1. The van der Waals surface area contributed by atoms with Crippen LogP contribution in [-0.2, 0) is 9.59 Å². The Morgan fingerprint density at radius 1 is 1.00 bits per heavy atom. The summed E-state index contributed by atoms with van der Waals surface area (Å²) in [5.41, 5.74) is 3.60. The predicted octanol–water partition coefficient (Wildman–Crippen LogP) is 5.90. The van der Waals surface area contributed by atoms with E-state index in [1.807, 2.05) is 19.9 Å². The number of carbonyl (C=O) groups is 2. The van der Waals surface area contributed by atoms with Crippen molar-refractivity contribution in [1.82, 2.24) is 4.98 Å². The molecule has 0 aliphatic carbocycles. The SMILES string of the molecule is Cc1ccc(/C(O)=C2\C(=O)C(=O)N(c3nc4ccc(Cl)cc4s3)C2c2ccc(O)cc2)cc1C. The number of amides is 1. The number of aryl methyl sites for hydroxylation is 2. The van der Waals surface area contributed by atoms with Gasteiger partial charge in [-0.3, -0.25) is 14.5 Å². The molecule has 34 heavy (non-hydrogen) atoms. The lowest BCUT2D eigenvalue weighted by Crippen LogP contribution is -2.29. The van der Waals surface area contributed by atoms with Crippen molar-refractivity contribution in [2.45, 2.75) is 19.9 Å².